The van der Waals surface area contributed by atoms with Crippen molar-refractivity contribution >= 4 is 29.3 Å². The second kappa shape index (κ2) is 9.64. The van der Waals surface area contributed by atoms with Crippen LogP contribution < -0.4 is 5.32 Å². The van der Waals surface area contributed by atoms with Gasteiger partial charge in [0.1, 0.15) is 0 Å². The Kier molecular flexibility index (Phi) is 7.50. The van der Waals surface area contributed by atoms with E-state index < -0.39 is 0 Å². The standard InChI is InChI=1S/C19H22ClNOS/c1-15-4-2-5-16(14-15)6-3-12-21-19(22)11-13-23-18-9-7-17(20)8-10-18/h2,4-5,7-10,14H,3,6,11-13H2,1H3,(H,21,22). The second-order valence-corrected chi connectivity index (χ2v) is 7.10. The summed E-state index contributed by atoms with van der Waals surface area (Å²) in [5.41, 5.74) is 2.61. The highest BCUT2D eigenvalue weighted by Crippen LogP contribution is 2.20. The Morgan fingerprint density at radius 3 is 2.70 bits per heavy atom. The molecule has 0 saturated carbocycles. The average Bonchev–Trinajstić information content (AvgIpc) is 2.54. The second-order valence-electron chi connectivity index (χ2n) is 5.49. The lowest BCUT2D eigenvalue weighted by molar-refractivity contribution is -0.120. The van der Waals surface area contributed by atoms with Gasteiger partial charge in [0.2, 0.25) is 5.91 Å². The molecule has 2 nitrogen and oxygen atoms in total. The number of halogens is 1. The SMILES string of the molecule is Cc1cccc(CCCNC(=O)CCSc2ccc(Cl)cc2)c1. The molecule has 0 aromatic heterocycles. The fourth-order valence-corrected chi connectivity index (χ4v) is 3.25. The fourth-order valence-electron chi connectivity index (χ4n) is 2.27. The quantitative estimate of drug-likeness (QED) is 0.544. The highest BCUT2D eigenvalue weighted by molar-refractivity contribution is 7.99. The van der Waals surface area contributed by atoms with Crippen LogP contribution in [-0.2, 0) is 11.2 Å². The third-order valence-corrected chi connectivity index (χ3v) is 4.72. The van der Waals surface area contributed by atoms with E-state index in [0.717, 1.165) is 35.1 Å². The van der Waals surface area contributed by atoms with Crippen LogP contribution in [0.2, 0.25) is 5.02 Å². The van der Waals surface area contributed by atoms with E-state index in [0.29, 0.717) is 6.42 Å². The molecule has 0 aliphatic rings. The summed E-state index contributed by atoms with van der Waals surface area (Å²) >= 11 is 7.52. The van der Waals surface area contributed by atoms with Crippen molar-refractivity contribution in [1.82, 2.24) is 5.32 Å². The molecule has 0 atom stereocenters. The number of aryl methyl sites for hydroxylation is 2. The first-order valence-electron chi connectivity index (χ1n) is 7.84. The Morgan fingerprint density at radius 2 is 1.96 bits per heavy atom. The zero-order valence-corrected chi connectivity index (χ0v) is 14.9. The van der Waals surface area contributed by atoms with E-state index in [-0.39, 0.29) is 5.91 Å². The molecule has 0 fully saturated rings. The zero-order chi connectivity index (χ0) is 16.5. The molecule has 0 bridgehead atoms. The van der Waals surface area contributed by atoms with Crippen molar-refractivity contribution < 1.29 is 4.79 Å². The van der Waals surface area contributed by atoms with Gasteiger partial charge in [0.25, 0.3) is 0 Å². The van der Waals surface area contributed by atoms with Crippen LogP contribution in [0.3, 0.4) is 0 Å². The van der Waals surface area contributed by atoms with Gasteiger partial charge in [-0.2, -0.15) is 0 Å². The number of nitrogens with one attached hydrogen (secondary N) is 1. The molecule has 0 heterocycles. The van der Waals surface area contributed by atoms with Gasteiger partial charge in [-0.3, -0.25) is 4.79 Å². The summed E-state index contributed by atoms with van der Waals surface area (Å²) in [7, 11) is 0. The molecule has 0 unspecified atom stereocenters. The van der Waals surface area contributed by atoms with Gasteiger partial charge < -0.3 is 5.32 Å². The van der Waals surface area contributed by atoms with Gasteiger partial charge in [0.05, 0.1) is 0 Å². The number of carbonyl (C=O) groups excluding carboxylic acids is 1. The molecule has 23 heavy (non-hydrogen) atoms. The van der Waals surface area contributed by atoms with E-state index in [1.165, 1.54) is 11.1 Å². The minimum absolute atomic E-state index is 0.121. The molecule has 2 aromatic rings. The zero-order valence-electron chi connectivity index (χ0n) is 13.3. The number of carbonyl (C=O) groups is 1. The van der Waals surface area contributed by atoms with Gasteiger partial charge in [-0.25, -0.2) is 0 Å². The third-order valence-electron chi connectivity index (χ3n) is 3.46. The number of hydrogen-bond donors (Lipinski definition) is 1. The monoisotopic (exact) mass is 347 g/mol. The summed E-state index contributed by atoms with van der Waals surface area (Å²) in [5, 5.41) is 3.73. The van der Waals surface area contributed by atoms with Gasteiger partial charge in [-0.15, -0.1) is 11.8 Å². The first-order chi connectivity index (χ1) is 11.1. The smallest absolute Gasteiger partial charge is 0.220 e. The highest BCUT2D eigenvalue weighted by Gasteiger charge is 2.02. The van der Waals surface area contributed by atoms with Crippen LogP contribution in [0.1, 0.15) is 24.0 Å². The van der Waals surface area contributed by atoms with Gasteiger partial charge in [0, 0.05) is 28.6 Å². The topological polar surface area (TPSA) is 29.1 Å². The number of thioether (sulfide) groups is 1. The van der Waals surface area contributed by atoms with E-state index in [4.69, 9.17) is 11.6 Å². The molecule has 0 spiro atoms. The van der Waals surface area contributed by atoms with E-state index in [1.54, 1.807) is 11.8 Å². The fraction of sp³-hybridized carbons (Fsp3) is 0.316. The van der Waals surface area contributed by atoms with E-state index in [9.17, 15) is 4.79 Å². The van der Waals surface area contributed by atoms with Crippen molar-refractivity contribution in [3.8, 4) is 0 Å². The van der Waals surface area contributed by atoms with Crippen molar-refractivity contribution in [2.45, 2.75) is 31.1 Å². The minimum atomic E-state index is 0.121. The molecule has 2 aromatic carbocycles. The molecule has 0 radical (unpaired) electrons. The predicted molar refractivity (Wildman–Crippen MR) is 99.3 cm³/mol. The molecule has 2 rings (SSSR count). The van der Waals surface area contributed by atoms with Crippen molar-refractivity contribution in [1.29, 1.82) is 0 Å². The van der Waals surface area contributed by atoms with Crippen LogP contribution in [-0.4, -0.2) is 18.2 Å². The minimum Gasteiger partial charge on any atom is -0.356 e. The van der Waals surface area contributed by atoms with E-state index in [2.05, 4.69) is 36.5 Å². The van der Waals surface area contributed by atoms with Crippen LogP contribution in [0.5, 0.6) is 0 Å². The molecule has 4 heteroatoms. The molecular weight excluding hydrogens is 326 g/mol. The Morgan fingerprint density at radius 1 is 1.17 bits per heavy atom. The summed E-state index contributed by atoms with van der Waals surface area (Å²) < 4.78 is 0. The average molecular weight is 348 g/mol. The van der Waals surface area contributed by atoms with Crippen LogP contribution in [0, 0.1) is 6.92 Å². The summed E-state index contributed by atoms with van der Waals surface area (Å²) in [6.45, 7) is 2.84. The maximum Gasteiger partial charge on any atom is 0.220 e. The maximum atomic E-state index is 11.8. The Balaban J connectivity index is 1.57. The number of rotatable bonds is 8. The molecule has 0 aliphatic heterocycles. The van der Waals surface area contributed by atoms with Crippen molar-refractivity contribution in [2.24, 2.45) is 0 Å². The van der Waals surface area contributed by atoms with Crippen LogP contribution in [0.15, 0.2) is 53.4 Å². The number of amides is 1. The van der Waals surface area contributed by atoms with E-state index in [1.807, 2.05) is 24.3 Å². The maximum absolute atomic E-state index is 11.8. The Bertz CT molecular complexity index is 628. The molecule has 1 N–H and O–H groups in total. The molecule has 0 aliphatic carbocycles. The largest absolute Gasteiger partial charge is 0.356 e. The van der Waals surface area contributed by atoms with Gasteiger partial charge in [-0.05, 0) is 49.6 Å². The van der Waals surface area contributed by atoms with Crippen LogP contribution >= 0.6 is 23.4 Å². The Hall–Kier alpha value is -1.45. The third kappa shape index (κ3) is 7.10. The van der Waals surface area contributed by atoms with Gasteiger partial charge in [-0.1, -0.05) is 41.4 Å². The first-order valence-corrected chi connectivity index (χ1v) is 9.20. The molecule has 0 saturated heterocycles. The number of hydrogen-bond acceptors (Lipinski definition) is 2. The lowest BCUT2D eigenvalue weighted by Gasteiger charge is -2.06. The Labute approximate surface area is 147 Å². The van der Waals surface area contributed by atoms with Crippen LogP contribution in [0.4, 0.5) is 0 Å². The van der Waals surface area contributed by atoms with Crippen molar-refractivity contribution in [3.63, 3.8) is 0 Å². The molecule has 1 amide bonds. The summed E-state index contributed by atoms with van der Waals surface area (Å²) in [6, 6.07) is 16.2. The van der Waals surface area contributed by atoms with Crippen molar-refractivity contribution in [2.75, 3.05) is 12.3 Å². The predicted octanol–water partition coefficient (Wildman–Crippen LogP) is 4.88. The summed E-state index contributed by atoms with van der Waals surface area (Å²) in [6.07, 6.45) is 2.51. The molecule has 122 valence electrons. The lowest BCUT2D eigenvalue weighted by atomic mass is 10.1. The summed E-state index contributed by atoms with van der Waals surface area (Å²) in [5.74, 6) is 0.904. The number of benzene rings is 2. The first kappa shape index (κ1) is 17.9. The van der Waals surface area contributed by atoms with Crippen molar-refractivity contribution in [3.05, 3.63) is 64.7 Å². The van der Waals surface area contributed by atoms with Gasteiger partial charge >= 0.3 is 0 Å². The lowest BCUT2D eigenvalue weighted by Crippen LogP contribution is -2.24. The van der Waals surface area contributed by atoms with Crippen LogP contribution in [0.25, 0.3) is 0 Å². The highest BCUT2D eigenvalue weighted by atomic mass is 35.5. The van der Waals surface area contributed by atoms with Gasteiger partial charge in [0.15, 0.2) is 0 Å². The summed E-state index contributed by atoms with van der Waals surface area (Å²) in [4.78, 5) is 12.9. The molecular formula is C19H22ClNOS. The normalized spacial score (nSPS) is 10.5. The van der Waals surface area contributed by atoms with E-state index >= 15 is 0 Å².